The van der Waals surface area contributed by atoms with Crippen molar-refractivity contribution in [3.63, 3.8) is 0 Å². The van der Waals surface area contributed by atoms with Gasteiger partial charge in [0.15, 0.2) is 0 Å². The summed E-state index contributed by atoms with van der Waals surface area (Å²) in [6.45, 7) is 5.24. The summed E-state index contributed by atoms with van der Waals surface area (Å²) in [7, 11) is 0. The zero-order valence-corrected chi connectivity index (χ0v) is 12.4. The van der Waals surface area contributed by atoms with E-state index in [0.717, 1.165) is 17.5 Å². The standard InChI is InChI=1S/C16H21N3O2/c1-3-7-21-12(2)9-17-16(20)14-6-4-5-13(8-14)15-10-18-19-11-15/h4-6,8,10-12H,3,7,9H2,1-2H3,(H,17,20)(H,18,19)/t12-/m0/s1. The molecule has 0 spiro atoms. The highest BCUT2D eigenvalue weighted by Crippen LogP contribution is 2.18. The van der Waals surface area contributed by atoms with Crippen molar-refractivity contribution in [1.29, 1.82) is 0 Å². The molecule has 112 valence electrons. The molecule has 5 heteroatoms. The molecular weight excluding hydrogens is 266 g/mol. The van der Waals surface area contributed by atoms with Crippen LogP contribution in [0.4, 0.5) is 0 Å². The Labute approximate surface area is 124 Å². The number of ether oxygens (including phenoxy) is 1. The predicted octanol–water partition coefficient (Wildman–Crippen LogP) is 2.62. The Hall–Kier alpha value is -2.14. The van der Waals surface area contributed by atoms with Crippen LogP contribution in [0.25, 0.3) is 11.1 Å². The van der Waals surface area contributed by atoms with Crippen molar-refractivity contribution < 1.29 is 9.53 Å². The minimum absolute atomic E-state index is 0.0194. The summed E-state index contributed by atoms with van der Waals surface area (Å²) in [6.07, 6.45) is 4.53. The van der Waals surface area contributed by atoms with Gasteiger partial charge in [-0.25, -0.2) is 0 Å². The van der Waals surface area contributed by atoms with Crippen LogP contribution in [0, 0.1) is 0 Å². The van der Waals surface area contributed by atoms with E-state index < -0.39 is 0 Å². The van der Waals surface area contributed by atoms with Crippen LogP contribution in [0.2, 0.25) is 0 Å². The number of hydrogen-bond acceptors (Lipinski definition) is 3. The van der Waals surface area contributed by atoms with Crippen molar-refractivity contribution in [2.75, 3.05) is 13.2 Å². The van der Waals surface area contributed by atoms with Crippen LogP contribution in [0.15, 0.2) is 36.7 Å². The molecule has 2 aromatic rings. The van der Waals surface area contributed by atoms with Crippen molar-refractivity contribution in [3.8, 4) is 11.1 Å². The normalized spacial score (nSPS) is 12.1. The van der Waals surface area contributed by atoms with Gasteiger partial charge in [0, 0.05) is 30.5 Å². The van der Waals surface area contributed by atoms with Crippen molar-refractivity contribution in [3.05, 3.63) is 42.2 Å². The van der Waals surface area contributed by atoms with Crippen LogP contribution < -0.4 is 5.32 Å². The average molecular weight is 287 g/mol. The van der Waals surface area contributed by atoms with Gasteiger partial charge in [-0.05, 0) is 31.0 Å². The van der Waals surface area contributed by atoms with Crippen LogP contribution in [-0.4, -0.2) is 35.4 Å². The lowest BCUT2D eigenvalue weighted by molar-refractivity contribution is 0.0622. The van der Waals surface area contributed by atoms with Gasteiger partial charge in [-0.15, -0.1) is 0 Å². The van der Waals surface area contributed by atoms with Crippen molar-refractivity contribution in [2.24, 2.45) is 0 Å². The van der Waals surface area contributed by atoms with Gasteiger partial charge in [-0.1, -0.05) is 19.1 Å². The Morgan fingerprint density at radius 1 is 1.43 bits per heavy atom. The van der Waals surface area contributed by atoms with E-state index in [1.807, 2.05) is 25.1 Å². The molecule has 1 aromatic carbocycles. The lowest BCUT2D eigenvalue weighted by Crippen LogP contribution is -2.32. The number of carbonyl (C=O) groups is 1. The summed E-state index contributed by atoms with van der Waals surface area (Å²) in [5, 5.41) is 9.58. The van der Waals surface area contributed by atoms with Gasteiger partial charge < -0.3 is 10.1 Å². The van der Waals surface area contributed by atoms with E-state index in [1.165, 1.54) is 0 Å². The third kappa shape index (κ3) is 4.43. The third-order valence-corrected chi connectivity index (χ3v) is 3.11. The van der Waals surface area contributed by atoms with E-state index in [9.17, 15) is 4.79 Å². The second-order valence-electron chi connectivity index (χ2n) is 4.96. The largest absolute Gasteiger partial charge is 0.377 e. The second-order valence-corrected chi connectivity index (χ2v) is 4.96. The summed E-state index contributed by atoms with van der Waals surface area (Å²) in [5.74, 6) is -0.0905. The van der Waals surface area contributed by atoms with Gasteiger partial charge >= 0.3 is 0 Å². The highest BCUT2D eigenvalue weighted by Gasteiger charge is 2.09. The highest BCUT2D eigenvalue weighted by atomic mass is 16.5. The van der Waals surface area contributed by atoms with Gasteiger partial charge in [0.2, 0.25) is 0 Å². The molecule has 0 aliphatic carbocycles. The number of nitrogens with one attached hydrogen (secondary N) is 2. The fraction of sp³-hybridized carbons (Fsp3) is 0.375. The highest BCUT2D eigenvalue weighted by molar-refractivity contribution is 5.95. The molecule has 0 unspecified atom stereocenters. The van der Waals surface area contributed by atoms with Crippen molar-refractivity contribution in [1.82, 2.24) is 15.5 Å². The molecule has 1 atom stereocenters. The van der Waals surface area contributed by atoms with Crippen molar-refractivity contribution >= 4 is 5.91 Å². The topological polar surface area (TPSA) is 67.0 Å². The fourth-order valence-corrected chi connectivity index (χ4v) is 1.97. The number of hydrogen-bond donors (Lipinski definition) is 2. The van der Waals surface area contributed by atoms with Gasteiger partial charge in [0.1, 0.15) is 0 Å². The molecule has 21 heavy (non-hydrogen) atoms. The minimum atomic E-state index is -0.0905. The smallest absolute Gasteiger partial charge is 0.251 e. The number of carbonyl (C=O) groups excluding carboxylic acids is 1. The maximum absolute atomic E-state index is 12.2. The van der Waals surface area contributed by atoms with E-state index in [0.29, 0.717) is 18.7 Å². The molecule has 0 aliphatic rings. The molecule has 0 fully saturated rings. The first-order valence-electron chi connectivity index (χ1n) is 7.19. The van der Waals surface area contributed by atoms with E-state index >= 15 is 0 Å². The average Bonchev–Trinajstić information content (AvgIpc) is 3.05. The fourth-order valence-electron chi connectivity index (χ4n) is 1.97. The van der Waals surface area contributed by atoms with Gasteiger partial charge in [0.25, 0.3) is 5.91 Å². The Kier molecular flexibility index (Phi) is 5.51. The first-order valence-corrected chi connectivity index (χ1v) is 7.19. The Morgan fingerprint density at radius 3 is 3.00 bits per heavy atom. The van der Waals surface area contributed by atoms with Crippen LogP contribution in [-0.2, 0) is 4.74 Å². The molecule has 1 heterocycles. The summed E-state index contributed by atoms with van der Waals surface area (Å²) in [4.78, 5) is 12.2. The van der Waals surface area contributed by atoms with E-state index in [-0.39, 0.29) is 12.0 Å². The number of benzene rings is 1. The lowest BCUT2D eigenvalue weighted by Gasteiger charge is -2.13. The zero-order valence-electron chi connectivity index (χ0n) is 12.4. The number of nitrogens with zero attached hydrogens (tertiary/aromatic N) is 1. The van der Waals surface area contributed by atoms with Crippen molar-refractivity contribution in [2.45, 2.75) is 26.4 Å². The van der Waals surface area contributed by atoms with Gasteiger partial charge in [-0.2, -0.15) is 5.10 Å². The molecule has 0 aliphatic heterocycles. The van der Waals surface area contributed by atoms with E-state index in [4.69, 9.17) is 4.74 Å². The summed E-state index contributed by atoms with van der Waals surface area (Å²) >= 11 is 0. The third-order valence-electron chi connectivity index (χ3n) is 3.11. The van der Waals surface area contributed by atoms with E-state index in [1.54, 1.807) is 18.5 Å². The van der Waals surface area contributed by atoms with Crippen LogP contribution in [0.3, 0.4) is 0 Å². The molecule has 0 saturated heterocycles. The maximum Gasteiger partial charge on any atom is 0.251 e. The summed E-state index contributed by atoms with van der Waals surface area (Å²) < 4.78 is 5.53. The number of H-pyrrole nitrogens is 1. The summed E-state index contributed by atoms with van der Waals surface area (Å²) in [5.41, 5.74) is 2.56. The van der Waals surface area contributed by atoms with Gasteiger partial charge in [0.05, 0.1) is 12.3 Å². The molecule has 0 bridgehead atoms. The van der Waals surface area contributed by atoms with Crippen LogP contribution >= 0.6 is 0 Å². The van der Waals surface area contributed by atoms with Crippen LogP contribution in [0.5, 0.6) is 0 Å². The monoisotopic (exact) mass is 287 g/mol. The Balaban J connectivity index is 1.95. The molecule has 0 saturated carbocycles. The molecular formula is C16H21N3O2. The predicted molar refractivity (Wildman–Crippen MR) is 82.1 cm³/mol. The first kappa shape index (κ1) is 15.3. The molecule has 5 nitrogen and oxygen atoms in total. The minimum Gasteiger partial charge on any atom is -0.377 e. The molecule has 0 radical (unpaired) electrons. The number of rotatable bonds is 7. The molecule has 2 rings (SSSR count). The molecule has 1 amide bonds. The Bertz CT molecular complexity index is 567. The SMILES string of the molecule is CCCO[C@@H](C)CNC(=O)c1cccc(-c2cn[nH]c2)c1. The molecule has 1 aromatic heterocycles. The number of aromatic amines is 1. The molecule has 2 N–H and O–H groups in total. The van der Waals surface area contributed by atoms with Gasteiger partial charge in [-0.3, -0.25) is 9.89 Å². The maximum atomic E-state index is 12.2. The number of amides is 1. The lowest BCUT2D eigenvalue weighted by atomic mass is 10.1. The van der Waals surface area contributed by atoms with Crippen LogP contribution in [0.1, 0.15) is 30.6 Å². The first-order chi connectivity index (χ1) is 10.2. The zero-order chi connectivity index (χ0) is 15.1. The number of aromatic nitrogens is 2. The Morgan fingerprint density at radius 2 is 2.29 bits per heavy atom. The van der Waals surface area contributed by atoms with E-state index in [2.05, 4.69) is 22.4 Å². The second kappa shape index (κ2) is 7.59. The summed E-state index contributed by atoms with van der Waals surface area (Å²) in [6, 6.07) is 7.48. The quantitative estimate of drug-likeness (QED) is 0.822.